The molecule has 1 heterocycles. The summed E-state index contributed by atoms with van der Waals surface area (Å²) in [6, 6.07) is 11.5. The number of benzene rings is 2. The van der Waals surface area contributed by atoms with Gasteiger partial charge in [0.05, 0.1) is 5.69 Å². The Balaban J connectivity index is 1.67. The number of nitrogens with one attached hydrogen (secondary N) is 3. The molecule has 166 valence electrons. The van der Waals surface area contributed by atoms with Gasteiger partial charge in [-0.2, -0.15) is 0 Å². The van der Waals surface area contributed by atoms with Gasteiger partial charge in [0.1, 0.15) is 11.9 Å². The molecule has 1 aromatic heterocycles. The molecule has 0 saturated heterocycles. The Kier molecular flexibility index (Phi) is 7.32. The lowest BCUT2D eigenvalue weighted by Crippen LogP contribution is -2.47. The number of carbonyl (C=O) groups excluding carboxylic acids is 3. The molecule has 0 unspecified atom stereocenters. The predicted octanol–water partition coefficient (Wildman–Crippen LogP) is 4.30. The van der Waals surface area contributed by atoms with Crippen molar-refractivity contribution in [3.63, 3.8) is 0 Å². The first-order valence-electron chi connectivity index (χ1n) is 9.94. The summed E-state index contributed by atoms with van der Waals surface area (Å²) in [4.78, 5) is 40.8. The predicted molar refractivity (Wildman–Crippen MR) is 123 cm³/mol. The number of hydrogen-bond donors (Lipinski definition) is 3. The van der Waals surface area contributed by atoms with Crippen molar-refractivity contribution in [3.8, 4) is 11.3 Å². The highest BCUT2D eigenvalue weighted by Crippen LogP contribution is 2.26. The van der Waals surface area contributed by atoms with E-state index >= 15 is 0 Å². The summed E-state index contributed by atoms with van der Waals surface area (Å²) >= 11 is 1.27. The van der Waals surface area contributed by atoms with E-state index in [0.717, 1.165) is 5.56 Å². The largest absolute Gasteiger partial charge is 0.340 e. The highest BCUT2D eigenvalue weighted by atomic mass is 32.1. The summed E-state index contributed by atoms with van der Waals surface area (Å²) in [7, 11) is 0. The third-order valence-electron chi connectivity index (χ3n) is 4.58. The van der Waals surface area contributed by atoms with Crippen molar-refractivity contribution in [1.29, 1.82) is 0 Å². The van der Waals surface area contributed by atoms with Crippen LogP contribution in [0.25, 0.3) is 11.3 Å². The molecule has 3 amide bonds. The molecule has 0 radical (unpaired) electrons. The molecule has 2 aromatic carbocycles. The van der Waals surface area contributed by atoms with Gasteiger partial charge in [-0.1, -0.05) is 26.0 Å². The molecule has 32 heavy (non-hydrogen) atoms. The highest BCUT2D eigenvalue weighted by Gasteiger charge is 2.25. The van der Waals surface area contributed by atoms with Crippen molar-refractivity contribution in [1.82, 2.24) is 10.3 Å². The molecular formula is C23H23FN4O3S. The number of hydrogen-bond acceptors (Lipinski definition) is 5. The Hall–Kier alpha value is -3.59. The summed E-state index contributed by atoms with van der Waals surface area (Å²) in [6.07, 6.45) is 0. The van der Waals surface area contributed by atoms with Crippen LogP contribution in [0.1, 0.15) is 31.1 Å². The van der Waals surface area contributed by atoms with Gasteiger partial charge in [0, 0.05) is 29.1 Å². The SMILES string of the molecule is CC(=O)Nc1ccc(-c2csc(NC(=O)[C@@H](NC(=O)c3ccc(F)cc3)C(C)C)n2)cc1. The highest BCUT2D eigenvalue weighted by molar-refractivity contribution is 7.14. The summed E-state index contributed by atoms with van der Waals surface area (Å²) < 4.78 is 13.1. The van der Waals surface area contributed by atoms with Crippen LogP contribution in [0.15, 0.2) is 53.9 Å². The standard InChI is InChI=1S/C23H23FN4O3S/c1-13(2)20(27-21(30)16-4-8-17(24)9-5-16)22(31)28-23-26-19(12-32-23)15-6-10-18(11-7-15)25-14(3)29/h4-13,20H,1-3H3,(H,25,29)(H,27,30)(H,26,28,31)/t20-/m0/s1. The Morgan fingerprint density at radius 3 is 2.22 bits per heavy atom. The lowest BCUT2D eigenvalue weighted by atomic mass is 10.0. The average molecular weight is 455 g/mol. The minimum absolute atomic E-state index is 0.150. The minimum Gasteiger partial charge on any atom is -0.340 e. The number of rotatable bonds is 7. The number of halogens is 1. The summed E-state index contributed by atoms with van der Waals surface area (Å²) in [5.41, 5.74) is 2.46. The monoisotopic (exact) mass is 454 g/mol. The second-order valence-corrected chi connectivity index (χ2v) is 8.35. The van der Waals surface area contributed by atoms with E-state index in [2.05, 4.69) is 20.9 Å². The van der Waals surface area contributed by atoms with Gasteiger partial charge in [-0.25, -0.2) is 9.37 Å². The average Bonchev–Trinajstić information content (AvgIpc) is 3.20. The second kappa shape index (κ2) is 10.1. The molecular weight excluding hydrogens is 431 g/mol. The Morgan fingerprint density at radius 2 is 1.62 bits per heavy atom. The lowest BCUT2D eigenvalue weighted by Gasteiger charge is -2.21. The zero-order valence-corrected chi connectivity index (χ0v) is 18.6. The molecule has 0 saturated carbocycles. The van der Waals surface area contributed by atoms with Crippen LogP contribution >= 0.6 is 11.3 Å². The molecule has 0 aliphatic carbocycles. The Bertz CT molecular complexity index is 1110. The Morgan fingerprint density at radius 1 is 0.969 bits per heavy atom. The van der Waals surface area contributed by atoms with Crippen LogP contribution in [0, 0.1) is 11.7 Å². The lowest BCUT2D eigenvalue weighted by molar-refractivity contribution is -0.119. The molecule has 3 N–H and O–H groups in total. The van der Waals surface area contributed by atoms with E-state index in [1.165, 1.54) is 42.5 Å². The van der Waals surface area contributed by atoms with Gasteiger partial charge in [0.2, 0.25) is 11.8 Å². The molecule has 0 bridgehead atoms. The van der Waals surface area contributed by atoms with Gasteiger partial charge in [-0.3, -0.25) is 14.4 Å². The smallest absolute Gasteiger partial charge is 0.251 e. The second-order valence-electron chi connectivity index (χ2n) is 7.49. The number of anilines is 2. The van der Waals surface area contributed by atoms with Crippen molar-refractivity contribution >= 4 is 39.9 Å². The van der Waals surface area contributed by atoms with Gasteiger partial charge in [-0.05, 0) is 42.3 Å². The molecule has 0 fully saturated rings. The normalized spacial score (nSPS) is 11.7. The molecule has 3 rings (SSSR count). The number of carbonyl (C=O) groups is 3. The molecule has 7 nitrogen and oxygen atoms in total. The van der Waals surface area contributed by atoms with E-state index in [1.54, 1.807) is 12.1 Å². The van der Waals surface area contributed by atoms with Gasteiger partial charge in [0.15, 0.2) is 5.13 Å². The van der Waals surface area contributed by atoms with Crippen LogP contribution in [0.2, 0.25) is 0 Å². The summed E-state index contributed by atoms with van der Waals surface area (Å²) in [6.45, 7) is 5.08. The first-order valence-corrected chi connectivity index (χ1v) is 10.8. The van der Waals surface area contributed by atoms with E-state index in [1.807, 2.05) is 31.4 Å². The van der Waals surface area contributed by atoms with E-state index in [-0.39, 0.29) is 17.4 Å². The minimum atomic E-state index is -0.795. The number of amides is 3. The van der Waals surface area contributed by atoms with E-state index in [4.69, 9.17) is 0 Å². The topological polar surface area (TPSA) is 100 Å². The molecule has 9 heteroatoms. The molecule has 0 spiro atoms. The number of nitrogens with zero attached hydrogens (tertiary/aromatic N) is 1. The Labute approximate surface area is 189 Å². The van der Waals surface area contributed by atoms with Crippen LogP contribution in [-0.2, 0) is 9.59 Å². The molecule has 0 aliphatic heterocycles. The third kappa shape index (κ3) is 5.98. The third-order valence-corrected chi connectivity index (χ3v) is 5.34. The van der Waals surface area contributed by atoms with Crippen LogP contribution in [-0.4, -0.2) is 28.7 Å². The maximum Gasteiger partial charge on any atom is 0.251 e. The fraction of sp³-hybridized carbons (Fsp3) is 0.217. The molecule has 1 atom stereocenters. The maximum atomic E-state index is 13.1. The van der Waals surface area contributed by atoms with E-state index in [9.17, 15) is 18.8 Å². The number of thiazole rings is 1. The van der Waals surface area contributed by atoms with Crippen molar-refractivity contribution in [3.05, 3.63) is 65.3 Å². The van der Waals surface area contributed by atoms with Crippen molar-refractivity contribution in [2.75, 3.05) is 10.6 Å². The molecule has 3 aromatic rings. The summed E-state index contributed by atoms with van der Waals surface area (Å²) in [5.74, 6) is -1.62. The first kappa shape index (κ1) is 23.1. The zero-order chi connectivity index (χ0) is 23.3. The van der Waals surface area contributed by atoms with Gasteiger partial charge < -0.3 is 16.0 Å². The van der Waals surface area contributed by atoms with Crippen molar-refractivity contribution in [2.45, 2.75) is 26.8 Å². The maximum absolute atomic E-state index is 13.1. The van der Waals surface area contributed by atoms with Crippen molar-refractivity contribution in [2.24, 2.45) is 5.92 Å². The van der Waals surface area contributed by atoms with Gasteiger partial charge >= 0.3 is 0 Å². The van der Waals surface area contributed by atoms with Crippen molar-refractivity contribution < 1.29 is 18.8 Å². The first-order chi connectivity index (χ1) is 15.2. The zero-order valence-electron chi connectivity index (χ0n) is 17.8. The van der Waals surface area contributed by atoms with Crippen LogP contribution in [0.5, 0.6) is 0 Å². The van der Waals surface area contributed by atoms with Gasteiger partial charge in [-0.15, -0.1) is 11.3 Å². The quantitative estimate of drug-likeness (QED) is 0.496. The fourth-order valence-electron chi connectivity index (χ4n) is 2.94. The van der Waals surface area contributed by atoms with Crippen LogP contribution in [0.3, 0.4) is 0 Å². The van der Waals surface area contributed by atoms with E-state index in [0.29, 0.717) is 16.5 Å². The molecule has 0 aliphatic rings. The van der Waals surface area contributed by atoms with Crippen LogP contribution < -0.4 is 16.0 Å². The van der Waals surface area contributed by atoms with Crippen LogP contribution in [0.4, 0.5) is 15.2 Å². The fourth-order valence-corrected chi connectivity index (χ4v) is 3.66. The van der Waals surface area contributed by atoms with E-state index < -0.39 is 23.7 Å². The summed E-state index contributed by atoms with van der Waals surface area (Å²) in [5, 5.41) is 10.4. The number of aromatic nitrogens is 1. The van der Waals surface area contributed by atoms with Gasteiger partial charge in [0.25, 0.3) is 5.91 Å².